The predicted octanol–water partition coefficient (Wildman–Crippen LogP) is 0.349. The molecule has 2 aliphatic carbocycles. The summed E-state index contributed by atoms with van der Waals surface area (Å²) in [5, 5.41) is 8.88. The van der Waals surface area contributed by atoms with Gasteiger partial charge in [-0.25, -0.2) is 0 Å². The molecule has 2 bridgehead atoms. The van der Waals surface area contributed by atoms with Gasteiger partial charge in [0, 0.05) is 33.7 Å². The van der Waals surface area contributed by atoms with E-state index in [2.05, 4.69) is 33.1 Å². The van der Waals surface area contributed by atoms with Gasteiger partial charge in [0.25, 0.3) is 0 Å². The number of nitrogens with one attached hydrogen (secondary N) is 3. The van der Waals surface area contributed by atoms with E-state index in [1.54, 1.807) is 14.1 Å². The third-order valence-corrected chi connectivity index (χ3v) is 5.95. The van der Waals surface area contributed by atoms with Gasteiger partial charge in [0.05, 0.1) is 17.3 Å². The summed E-state index contributed by atoms with van der Waals surface area (Å²) in [5.41, 5.74) is -0.586. The number of aliphatic imine (C=N–C) groups is 1. The summed E-state index contributed by atoms with van der Waals surface area (Å²) in [6.45, 7) is 4.83. The summed E-state index contributed by atoms with van der Waals surface area (Å²) in [7, 11) is 3.25. The highest BCUT2D eigenvalue weighted by Gasteiger charge is 2.58. The number of carbonyl (C=O) groups is 3. The van der Waals surface area contributed by atoms with Gasteiger partial charge in [0.15, 0.2) is 5.96 Å². The van der Waals surface area contributed by atoms with Crippen LogP contribution >= 0.6 is 24.0 Å². The normalized spacial score (nSPS) is 28.3. The van der Waals surface area contributed by atoms with Gasteiger partial charge in [-0.2, -0.15) is 0 Å². The highest BCUT2D eigenvalue weighted by Crippen LogP contribution is 2.52. The second-order valence-corrected chi connectivity index (χ2v) is 8.14. The lowest BCUT2D eigenvalue weighted by Crippen LogP contribution is -2.48. The minimum atomic E-state index is -0.586. The van der Waals surface area contributed by atoms with Crippen molar-refractivity contribution >= 4 is 47.7 Å². The first-order chi connectivity index (χ1) is 12.8. The van der Waals surface area contributed by atoms with Crippen molar-refractivity contribution in [3.05, 3.63) is 12.2 Å². The Morgan fingerprint density at radius 1 is 1.18 bits per heavy atom. The fourth-order valence-electron chi connectivity index (χ4n) is 4.41. The number of likely N-dealkylation sites (tertiary alicyclic amines) is 1. The lowest BCUT2D eigenvalue weighted by Gasteiger charge is -2.24. The van der Waals surface area contributed by atoms with Crippen molar-refractivity contribution in [1.82, 2.24) is 20.9 Å². The van der Waals surface area contributed by atoms with Crippen LogP contribution in [0.15, 0.2) is 17.1 Å². The minimum absolute atomic E-state index is 0. The molecule has 2 fully saturated rings. The maximum absolute atomic E-state index is 12.7. The summed E-state index contributed by atoms with van der Waals surface area (Å²) < 4.78 is 0. The number of hydrogen-bond donors (Lipinski definition) is 3. The molecule has 28 heavy (non-hydrogen) atoms. The molecule has 156 valence electrons. The van der Waals surface area contributed by atoms with Crippen LogP contribution in [0.2, 0.25) is 0 Å². The van der Waals surface area contributed by atoms with Crippen LogP contribution in [-0.2, 0) is 14.4 Å². The van der Waals surface area contributed by atoms with Crippen LogP contribution in [-0.4, -0.2) is 62.3 Å². The van der Waals surface area contributed by atoms with Gasteiger partial charge in [0.2, 0.25) is 17.7 Å². The van der Waals surface area contributed by atoms with E-state index in [9.17, 15) is 14.4 Å². The molecule has 0 spiro atoms. The van der Waals surface area contributed by atoms with Crippen LogP contribution in [0.5, 0.6) is 0 Å². The first kappa shape index (κ1) is 22.6. The van der Waals surface area contributed by atoms with Crippen molar-refractivity contribution in [3.63, 3.8) is 0 Å². The molecule has 0 aromatic heterocycles. The van der Waals surface area contributed by atoms with E-state index in [1.807, 2.05) is 13.8 Å². The Labute approximate surface area is 183 Å². The van der Waals surface area contributed by atoms with Crippen LogP contribution < -0.4 is 16.0 Å². The molecule has 4 atom stereocenters. The molecule has 4 unspecified atom stereocenters. The number of guanidine groups is 1. The molecular weight excluding hydrogens is 473 g/mol. The van der Waals surface area contributed by atoms with E-state index in [4.69, 9.17) is 0 Å². The highest BCUT2D eigenvalue weighted by atomic mass is 127. The van der Waals surface area contributed by atoms with Crippen molar-refractivity contribution in [2.75, 3.05) is 33.7 Å². The molecular formula is C19H30IN5O3. The lowest BCUT2D eigenvalue weighted by molar-refractivity contribution is -0.140. The van der Waals surface area contributed by atoms with E-state index < -0.39 is 5.41 Å². The molecule has 1 aliphatic heterocycles. The molecule has 3 amide bonds. The summed E-state index contributed by atoms with van der Waals surface area (Å²) in [5.74, 6) is 0.560. The fraction of sp³-hybridized carbons (Fsp3) is 0.684. The van der Waals surface area contributed by atoms with Crippen molar-refractivity contribution in [1.29, 1.82) is 0 Å². The zero-order valence-corrected chi connectivity index (χ0v) is 19.2. The Morgan fingerprint density at radius 3 is 2.25 bits per heavy atom. The third-order valence-electron chi connectivity index (χ3n) is 5.95. The third kappa shape index (κ3) is 4.04. The van der Waals surface area contributed by atoms with Gasteiger partial charge in [0.1, 0.15) is 0 Å². The van der Waals surface area contributed by atoms with Crippen molar-refractivity contribution in [2.24, 2.45) is 34.1 Å². The highest BCUT2D eigenvalue weighted by molar-refractivity contribution is 14.0. The maximum atomic E-state index is 12.7. The number of carbonyl (C=O) groups excluding carboxylic acids is 3. The van der Waals surface area contributed by atoms with E-state index in [0.29, 0.717) is 25.6 Å². The van der Waals surface area contributed by atoms with E-state index in [-0.39, 0.29) is 65.4 Å². The second kappa shape index (κ2) is 8.79. The summed E-state index contributed by atoms with van der Waals surface area (Å²) in [4.78, 5) is 42.7. The molecule has 1 saturated heterocycles. The SMILES string of the molecule is CN=C(NCCN1C(=O)C2C3C=CC(C3)C2C1=O)NCC(C)(C)C(=O)NC.I. The quantitative estimate of drug-likeness (QED) is 0.160. The molecule has 0 aromatic rings. The van der Waals surface area contributed by atoms with Crippen LogP contribution in [0.1, 0.15) is 20.3 Å². The Hall–Kier alpha value is -1.65. The smallest absolute Gasteiger partial charge is 0.233 e. The van der Waals surface area contributed by atoms with Crippen LogP contribution in [0.3, 0.4) is 0 Å². The molecule has 3 N–H and O–H groups in total. The van der Waals surface area contributed by atoms with Crippen molar-refractivity contribution in [2.45, 2.75) is 20.3 Å². The fourth-order valence-corrected chi connectivity index (χ4v) is 4.41. The first-order valence-electron chi connectivity index (χ1n) is 9.50. The van der Waals surface area contributed by atoms with Crippen molar-refractivity contribution in [3.8, 4) is 0 Å². The molecule has 9 heteroatoms. The number of amides is 3. The monoisotopic (exact) mass is 503 g/mol. The lowest BCUT2D eigenvalue weighted by atomic mass is 9.85. The molecule has 1 saturated carbocycles. The predicted molar refractivity (Wildman–Crippen MR) is 117 cm³/mol. The van der Waals surface area contributed by atoms with Gasteiger partial charge in [-0.1, -0.05) is 12.2 Å². The number of rotatable bonds is 6. The molecule has 3 aliphatic rings. The average molecular weight is 503 g/mol. The number of nitrogens with zero attached hydrogens (tertiary/aromatic N) is 2. The van der Waals surface area contributed by atoms with Crippen LogP contribution in [0, 0.1) is 29.1 Å². The molecule has 3 rings (SSSR count). The van der Waals surface area contributed by atoms with E-state index in [1.165, 1.54) is 4.90 Å². The zero-order chi connectivity index (χ0) is 19.8. The molecule has 0 aromatic carbocycles. The average Bonchev–Trinajstić information content (AvgIpc) is 3.32. The topological polar surface area (TPSA) is 103 Å². The molecule has 0 radical (unpaired) electrons. The van der Waals surface area contributed by atoms with Crippen LogP contribution in [0.25, 0.3) is 0 Å². The van der Waals surface area contributed by atoms with Gasteiger partial charge in [-0.05, 0) is 32.1 Å². The second-order valence-electron chi connectivity index (χ2n) is 8.14. The molecule has 8 nitrogen and oxygen atoms in total. The Kier molecular flexibility index (Phi) is 7.11. The number of imide groups is 1. The maximum Gasteiger partial charge on any atom is 0.233 e. The van der Waals surface area contributed by atoms with Gasteiger partial charge in [-0.15, -0.1) is 24.0 Å². The van der Waals surface area contributed by atoms with E-state index in [0.717, 1.165) is 6.42 Å². The van der Waals surface area contributed by atoms with Crippen LogP contribution in [0.4, 0.5) is 0 Å². The Morgan fingerprint density at radius 2 is 1.75 bits per heavy atom. The van der Waals surface area contributed by atoms with Crippen molar-refractivity contribution < 1.29 is 14.4 Å². The Bertz CT molecular complexity index is 676. The Balaban J connectivity index is 0.00000280. The number of hydrogen-bond acceptors (Lipinski definition) is 4. The first-order valence-corrected chi connectivity index (χ1v) is 9.50. The number of fused-ring (bicyclic) bond motifs is 5. The number of allylic oxidation sites excluding steroid dienone is 2. The summed E-state index contributed by atoms with van der Waals surface area (Å²) in [6.07, 6.45) is 5.13. The number of halogens is 1. The van der Waals surface area contributed by atoms with Gasteiger partial charge >= 0.3 is 0 Å². The van der Waals surface area contributed by atoms with Gasteiger partial charge < -0.3 is 16.0 Å². The summed E-state index contributed by atoms with van der Waals surface area (Å²) in [6, 6.07) is 0. The van der Waals surface area contributed by atoms with Gasteiger partial charge in [-0.3, -0.25) is 24.3 Å². The zero-order valence-electron chi connectivity index (χ0n) is 16.8. The summed E-state index contributed by atoms with van der Waals surface area (Å²) >= 11 is 0. The molecule has 1 heterocycles. The largest absolute Gasteiger partial charge is 0.359 e. The standard InChI is InChI=1S/C19H29N5O3.HI/c1-19(2,17(27)20-3)10-23-18(21-4)22-7-8-24-15(25)13-11-5-6-12(9-11)14(13)16(24)26;/h5-6,11-14H,7-10H2,1-4H3,(H,20,27)(H2,21,22,23);1H. The van der Waals surface area contributed by atoms with E-state index >= 15 is 0 Å². The minimum Gasteiger partial charge on any atom is -0.359 e.